The lowest BCUT2D eigenvalue weighted by atomic mass is 9.99. The van der Waals surface area contributed by atoms with E-state index in [-0.39, 0.29) is 11.8 Å². The third-order valence-corrected chi connectivity index (χ3v) is 4.61. The van der Waals surface area contributed by atoms with Gasteiger partial charge < -0.3 is 15.0 Å². The van der Waals surface area contributed by atoms with Crippen LogP contribution in [-0.2, 0) is 4.79 Å². The molecule has 3 heterocycles. The van der Waals surface area contributed by atoms with Gasteiger partial charge >= 0.3 is 0 Å². The van der Waals surface area contributed by atoms with Crippen LogP contribution in [-0.4, -0.2) is 45.9 Å². The van der Waals surface area contributed by atoms with Crippen molar-refractivity contribution in [3.05, 3.63) is 54.1 Å². The van der Waals surface area contributed by atoms with Gasteiger partial charge in [-0.1, -0.05) is 11.6 Å². The fourth-order valence-electron chi connectivity index (χ4n) is 2.88. The van der Waals surface area contributed by atoms with Crippen molar-refractivity contribution in [3.8, 4) is 11.6 Å². The van der Waals surface area contributed by atoms with E-state index in [2.05, 4.69) is 20.4 Å². The lowest BCUT2D eigenvalue weighted by molar-refractivity contribution is -0.120. The number of halogens is 1. The number of anilines is 2. The van der Waals surface area contributed by atoms with Crippen LogP contribution in [0.25, 0.3) is 5.82 Å². The van der Waals surface area contributed by atoms with Crippen molar-refractivity contribution in [1.29, 1.82) is 0 Å². The summed E-state index contributed by atoms with van der Waals surface area (Å²) >= 11 is 6.01. The molecule has 1 saturated heterocycles. The third-order valence-electron chi connectivity index (χ3n) is 4.37. The Morgan fingerprint density at radius 3 is 2.81 bits per heavy atom. The van der Waals surface area contributed by atoms with Crippen LogP contribution in [0, 0.1) is 5.92 Å². The molecule has 0 spiro atoms. The normalized spacial score (nSPS) is 13.9. The highest BCUT2D eigenvalue weighted by atomic mass is 35.5. The first-order valence-electron chi connectivity index (χ1n) is 8.35. The molecule has 1 fully saturated rings. The average molecular weight is 385 g/mol. The van der Waals surface area contributed by atoms with Gasteiger partial charge in [-0.25, -0.2) is 14.6 Å². The van der Waals surface area contributed by atoms with Crippen molar-refractivity contribution < 1.29 is 9.53 Å². The Morgan fingerprint density at radius 1 is 1.26 bits per heavy atom. The van der Waals surface area contributed by atoms with Gasteiger partial charge in [0.2, 0.25) is 5.91 Å². The number of nitrogens with one attached hydrogen (secondary N) is 1. The number of carbonyl (C=O) groups is 1. The van der Waals surface area contributed by atoms with Gasteiger partial charge in [0.15, 0.2) is 5.82 Å². The Morgan fingerprint density at radius 2 is 2.07 bits per heavy atom. The second-order valence-electron chi connectivity index (χ2n) is 6.12. The van der Waals surface area contributed by atoms with Crippen molar-refractivity contribution in [2.75, 3.05) is 30.4 Å². The van der Waals surface area contributed by atoms with Crippen LogP contribution in [0.2, 0.25) is 5.02 Å². The minimum Gasteiger partial charge on any atom is -0.495 e. The van der Waals surface area contributed by atoms with Crippen LogP contribution in [0.3, 0.4) is 0 Å². The first-order valence-corrected chi connectivity index (χ1v) is 8.73. The van der Waals surface area contributed by atoms with E-state index in [1.165, 1.54) is 6.33 Å². The van der Waals surface area contributed by atoms with Crippen molar-refractivity contribution in [3.63, 3.8) is 0 Å². The Kier molecular flexibility index (Phi) is 4.64. The molecule has 0 radical (unpaired) electrons. The molecule has 1 aliphatic rings. The highest BCUT2D eigenvalue weighted by Gasteiger charge is 2.34. The maximum absolute atomic E-state index is 12.5. The molecule has 0 atom stereocenters. The molecule has 4 rings (SSSR count). The molecular weight excluding hydrogens is 368 g/mol. The summed E-state index contributed by atoms with van der Waals surface area (Å²) in [5, 5.41) is 7.59. The summed E-state index contributed by atoms with van der Waals surface area (Å²) in [6.07, 6.45) is 5.00. The van der Waals surface area contributed by atoms with E-state index >= 15 is 0 Å². The van der Waals surface area contributed by atoms with Gasteiger partial charge in [0.1, 0.15) is 17.9 Å². The first-order chi connectivity index (χ1) is 13.1. The summed E-state index contributed by atoms with van der Waals surface area (Å²) in [5.41, 5.74) is 0.566. The average Bonchev–Trinajstić information content (AvgIpc) is 3.16. The van der Waals surface area contributed by atoms with E-state index in [1.807, 2.05) is 23.2 Å². The van der Waals surface area contributed by atoms with Gasteiger partial charge in [-0.3, -0.25) is 4.79 Å². The lowest BCUT2D eigenvalue weighted by Gasteiger charge is -2.39. The molecule has 1 N–H and O–H groups in total. The maximum atomic E-state index is 12.5. The smallest absolute Gasteiger partial charge is 0.231 e. The number of nitrogens with zero attached hydrogens (tertiary/aromatic N) is 5. The number of amides is 1. The highest BCUT2D eigenvalue weighted by molar-refractivity contribution is 6.31. The van der Waals surface area contributed by atoms with Crippen molar-refractivity contribution in [1.82, 2.24) is 19.7 Å². The zero-order valence-electron chi connectivity index (χ0n) is 14.5. The first kappa shape index (κ1) is 17.3. The minimum atomic E-state index is -0.142. The van der Waals surface area contributed by atoms with Gasteiger partial charge in [0.25, 0.3) is 0 Å². The Labute approximate surface area is 160 Å². The molecule has 27 heavy (non-hydrogen) atoms. The number of methoxy groups -OCH3 is 1. The van der Waals surface area contributed by atoms with Crippen molar-refractivity contribution in [2.24, 2.45) is 5.92 Å². The lowest BCUT2D eigenvalue weighted by Crippen LogP contribution is -2.52. The minimum absolute atomic E-state index is 0.0758. The summed E-state index contributed by atoms with van der Waals surface area (Å²) in [7, 11) is 1.55. The molecular formula is C18H17ClN6O2. The van der Waals surface area contributed by atoms with Gasteiger partial charge in [0.05, 0.1) is 18.7 Å². The third kappa shape index (κ3) is 3.56. The monoisotopic (exact) mass is 384 g/mol. The van der Waals surface area contributed by atoms with Gasteiger partial charge in [-0.05, 0) is 24.3 Å². The van der Waals surface area contributed by atoms with E-state index in [0.717, 1.165) is 5.82 Å². The summed E-state index contributed by atoms with van der Waals surface area (Å²) in [6.45, 7) is 1.15. The molecule has 1 aliphatic heterocycles. The number of benzene rings is 1. The van der Waals surface area contributed by atoms with Gasteiger partial charge in [0, 0.05) is 36.6 Å². The molecule has 0 bridgehead atoms. The van der Waals surface area contributed by atoms with E-state index in [4.69, 9.17) is 16.3 Å². The van der Waals surface area contributed by atoms with Crippen LogP contribution in [0.1, 0.15) is 0 Å². The number of rotatable bonds is 5. The zero-order valence-corrected chi connectivity index (χ0v) is 15.3. The predicted molar refractivity (Wildman–Crippen MR) is 101 cm³/mol. The molecule has 0 aliphatic carbocycles. The fraction of sp³-hybridized carbons (Fsp3) is 0.222. The molecule has 1 amide bonds. The van der Waals surface area contributed by atoms with Crippen molar-refractivity contribution >= 4 is 29.0 Å². The van der Waals surface area contributed by atoms with Gasteiger partial charge in [-0.15, -0.1) is 0 Å². The van der Waals surface area contributed by atoms with E-state index < -0.39 is 0 Å². The molecule has 0 saturated carbocycles. The topological polar surface area (TPSA) is 85.2 Å². The molecule has 138 valence electrons. The summed E-state index contributed by atoms with van der Waals surface area (Å²) in [6, 6.07) is 8.79. The van der Waals surface area contributed by atoms with E-state index in [1.54, 1.807) is 36.2 Å². The number of hydrogen-bond acceptors (Lipinski definition) is 6. The number of ether oxygens (including phenoxy) is 1. The van der Waals surface area contributed by atoms with E-state index in [9.17, 15) is 4.79 Å². The zero-order chi connectivity index (χ0) is 18.8. The Balaban J connectivity index is 1.40. The second-order valence-corrected chi connectivity index (χ2v) is 6.56. The molecule has 1 aromatic carbocycles. The molecule has 2 aromatic heterocycles. The van der Waals surface area contributed by atoms with Gasteiger partial charge in [-0.2, -0.15) is 5.10 Å². The Bertz CT molecular complexity index is 956. The van der Waals surface area contributed by atoms with E-state index in [0.29, 0.717) is 35.4 Å². The molecule has 8 nitrogen and oxygen atoms in total. The molecule has 3 aromatic rings. The largest absolute Gasteiger partial charge is 0.495 e. The number of carbonyl (C=O) groups excluding carboxylic acids is 1. The van der Waals surface area contributed by atoms with Crippen LogP contribution in [0.5, 0.6) is 5.75 Å². The molecule has 0 unspecified atom stereocenters. The summed E-state index contributed by atoms with van der Waals surface area (Å²) < 4.78 is 6.93. The number of aromatic nitrogens is 4. The Hall–Kier alpha value is -3.13. The van der Waals surface area contributed by atoms with Crippen LogP contribution >= 0.6 is 11.6 Å². The summed E-state index contributed by atoms with van der Waals surface area (Å²) in [5.74, 6) is 1.80. The van der Waals surface area contributed by atoms with Crippen LogP contribution in [0.4, 0.5) is 11.5 Å². The highest BCUT2D eigenvalue weighted by Crippen LogP contribution is 2.30. The van der Waals surface area contributed by atoms with Crippen LogP contribution in [0.15, 0.2) is 49.1 Å². The summed E-state index contributed by atoms with van der Waals surface area (Å²) in [4.78, 5) is 23.1. The predicted octanol–water partition coefficient (Wildman–Crippen LogP) is 2.40. The fourth-order valence-corrected chi connectivity index (χ4v) is 3.06. The van der Waals surface area contributed by atoms with Crippen molar-refractivity contribution in [2.45, 2.75) is 0 Å². The molecule has 9 heteroatoms. The number of hydrogen-bond donors (Lipinski definition) is 1. The SMILES string of the molecule is COc1ccc(Cl)cc1NC(=O)C1CN(c2cc(-n3cccn3)ncn2)C1. The van der Waals surface area contributed by atoms with Crippen LogP contribution < -0.4 is 15.0 Å². The second kappa shape index (κ2) is 7.24. The standard InChI is InChI=1S/C18H17ClN6O2/c1-27-15-4-3-13(19)7-14(15)23-18(26)12-9-24(10-12)16-8-17(21-11-20-16)25-6-2-5-22-25/h2-8,11-12H,9-10H2,1H3,(H,23,26). The quantitative estimate of drug-likeness (QED) is 0.727. The maximum Gasteiger partial charge on any atom is 0.231 e.